The molecule has 0 atom stereocenters. The lowest BCUT2D eigenvalue weighted by molar-refractivity contribution is 1.30. The Kier molecular flexibility index (Phi) is 7.11. The van der Waals surface area contributed by atoms with Gasteiger partial charge in [-0.1, -0.05) is 121 Å². The Bertz CT molecular complexity index is 2680. The lowest BCUT2D eigenvalue weighted by Crippen LogP contribution is -1.89. The van der Waals surface area contributed by atoms with E-state index in [4.69, 9.17) is 9.97 Å². The summed E-state index contributed by atoms with van der Waals surface area (Å²) >= 11 is 0. The van der Waals surface area contributed by atoms with Gasteiger partial charge in [-0.25, -0.2) is 9.97 Å². The third-order valence-electron chi connectivity index (χ3n) is 9.25. The molecule has 0 aliphatic carbocycles. The van der Waals surface area contributed by atoms with E-state index < -0.39 is 0 Å². The van der Waals surface area contributed by atoms with Crippen LogP contribution in [0.15, 0.2) is 140 Å². The zero-order valence-electron chi connectivity index (χ0n) is 26.9. The van der Waals surface area contributed by atoms with Gasteiger partial charge >= 0.3 is 0 Å². The smallest absolute Gasteiger partial charge is 0.104 e. The lowest BCUT2D eigenvalue weighted by Gasteiger charge is -2.07. The number of H-pyrrole nitrogens is 2. The van der Waals surface area contributed by atoms with Crippen LogP contribution in [0, 0.1) is 11.3 Å². The molecule has 234 valence electrons. The normalized spacial score (nSPS) is 11.8. The lowest BCUT2D eigenvalue weighted by atomic mass is 9.99. The number of aromatic nitrogens is 4. The van der Waals surface area contributed by atoms with E-state index in [1.165, 1.54) is 0 Å². The van der Waals surface area contributed by atoms with Crippen molar-refractivity contribution in [3.05, 3.63) is 168 Å². The first-order valence-electron chi connectivity index (χ1n) is 16.6. The summed E-state index contributed by atoms with van der Waals surface area (Å²) in [4.78, 5) is 18.0. The third-order valence-corrected chi connectivity index (χ3v) is 9.25. The molecule has 4 aromatic carbocycles. The number of rotatable bonds is 4. The van der Waals surface area contributed by atoms with Crippen molar-refractivity contribution in [2.75, 3.05) is 0 Å². The highest BCUT2D eigenvalue weighted by Crippen LogP contribution is 2.39. The number of nitriles is 1. The molecule has 0 unspecified atom stereocenters. The Labute approximate surface area is 289 Å². The minimum absolute atomic E-state index is 0.467. The molecule has 2 N–H and O–H groups in total. The van der Waals surface area contributed by atoms with Crippen molar-refractivity contribution >= 4 is 46.4 Å². The van der Waals surface area contributed by atoms with Gasteiger partial charge in [-0.15, -0.1) is 0 Å². The molecule has 5 nitrogen and oxygen atoms in total. The second kappa shape index (κ2) is 12.2. The molecular formula is C45H29N5. The summed E-state index contributed by atoms with van der Waals surface area (Å²) in [6, 6.07) is 50.1. The van der Waals surface area contributed by atoms with Gasteiger partial charge in [0, 0.05) is 33.3 Å². The molecule has 2 aliphatic heterocycles. The predicted octanol–water partition coefficient (Wildman–Crippen LogP) is 11.2. The maximum absolute atomic E-state index is 10.7. The van der Waals surface area contributed by atoms with Crippen LogP contribution in [0.3, 0.4) is 0 Å². The molecule has 8 bridgehead atoms. The van der Waals surface area contributed by atoms with Gasteiger partial charge in [-0.05, 0) is 64.8 Å². The summed E-state index contributed by atoms with van der Waals surface area (Å²) < 4.78 is 0. The fourth-order valence-corrected chi connectivity index (χ4v) is 6.97. The zero-order chi connectivity index (χ0) is 33.4. The van der Waals surface area contributed by atoms with Crippen LogP contribution in [0.5, 0.6) is 0 Å². The molecule has 0 radical (unpaired) electrons. The number of aromatic amines is 2. The van der Waals surface area contributed by atoms with Crippen LogP contribution in [0.4, 0.5) is 0 Å². The Morgan fingerprint density at radius 2 is 0.840 bits per heavy atom. The number of hydrogen-bond donors (Lipinski definition) is 2. The highest BCUT2D eigenvalue weighted by Gasteiger charge is 2.20. The van der Waals surface area contributed by atoms with E-state index in [-0.39, 0.29) is 0 Å². The molecule has 0 saturated heterocycles. The maximum atomic E-state index is 10.7. The Hall–Kier alpha value is -7.03. The monoisotopic (exact) mass is 639 g/mol. The van der Waals surface area contributed by atoms with Crippen molar-refractivity contribution in [3.8, 4) is 50.6 Å². The summed E-state index contributed by atoms with van der Waals surface area (Å²) in [6.45, 7) is 0. The van der Waals surface area contributed by atoms with Gasteiger partial charge in [0.1, 0.15) is 11.6 Å². The summed E-state index contributed by atoms with van der Waals surface area (Å²) in [5.74, 6) is 0. The van der Waals surface area contributed by atoms with Crippen molar-refractivity contribution < 1.29 is 0 Å². The van der Waals surface area contributed by atoms with E-state index in [1.54, 1.807) is 0 Å². The fraction of sp³-hybridized carbons (Fsp3) is 0. The van der Waals surface area contributed by atoms with Crippen LogP contribution in [0.1, 0.15) is 28.3 Å². The molecule has 0 fully saturated rings. The van der Waals surface area contributed by atoms with E-state index in [9.17, 15) is 5.26 Å². The number of nitrogens with one attached hydrogen (secondary N) is 2. The number of nitrogens with zero attached hydrogens (tertiary/aromatic N) is 3. The van der Waals surface area contributed by atoms with E-state index >= 15 is 0 Å². The van der Waals surface area contributed by atoms with Gasteiger partial charge in [-0.2, -0.15) is 5.26 Å². The van der Waals surface area contributed by atoms with Gasteiger partial charge < -0.3 is 9.97 Å². The standard InChI is InChI=1S/C45H29N5/c46-28-34-35-21-22-36(47-35)42(30-15-7-2-8-16-30)37-23-24-38(48-37)43(31-17-9-3-10-18-31)39-25-26-40(49-39)44(32-19-11-4-12-20-32)45-33(27-41(34)50-45)29-13-5-1-6-14-29/h1-27,48,50H. The average Bonchev–Trinajstić information content (AvgIpc) is 4.01. The molecule has 3 aromatic heterocycles. The summed E-state index contributed by atoms with van der Waals surface area (Å²) in [5, 5.41) is 10.7. The van der Waals surface area contributed by atoms with E-state index in [0.717, 1.165) is 78.1 Å². The van der Waals surface area contributed by atoms with E-state index in [0.29, 0.717) is 16.8 Å². The second-order valence-electron chi connectivity index (χ2n) is 12.3. The van der Waals surface area contributed by atoms with Crippen molar-refractivity contribution in [1.29, 1.82) is 5.26 Å². The minimum atomic E-state index is 0.467. The maximum Gasteiger partial charge on any atom is 0.104 e. The quantitative estimate of drug-likeness (QED) is 0.201. The Morgan fingerprint density at radius 3 is 1.34 bits per heavy atom. The third kappa shape index (κ3) is 5.04. The summed E-state index contributed by atoms with van der Waals surface area (Å²) in [5.41, 5.74) is 15.0. The predicted molar refractivity (Wildman–Crippen MR) is 205 cm³/mol. The molecule has 5 heteroatoms. The van der Waals surface area contributed by atoms with Gasteiger partial charge in [0.05, 0.1) is 33.8 Å². The number of benzene rings is 4. The first-order valence-corrected chi connectivity index (χ1v) is 16.6. The van der Waals surface area contributed by atoms with Crippen LogP contribution in [-0.4, -0.2) is 19.9 Å². The largest absolute Gasteiger partial charge is 0.354 e. The number of fused-ring (bicyclic) bond motifs is 8. The first kappa shape index (κ1) is 29.1. The van der Waals surface area contributed by atoms with Gasteiger partial charge in [0.25, 0.3) is 0 Å². The van der Waals surface area contributed by atoms with Crippen molar-refractivity contribution in [2.24, 2.45) is 0 Å². The molecule has 0 amide bonds. The topological polar surface area (TPSA) is 81.2 Å². The molecule has 0 saturated carbocycles. The van der Waals surface area contributed by atoms with Crippen molar-refractivity contribution in [3.63, 3.8) is 0 Å². The SMILES string of the molecule is N#Cc1c2nc(c(-c3ccccc3)c3ccc([nH]3)c(-c3ccccc3)c3nc(c(-c4ccccc4)c4[nH]c1cc4-c1ccccc1)C=C3)C=C2. The fourth-order valence-electron chi connectivity index (χ4n) is 6.97. The molecular weight excluding hydrogens is 611 g/mol. The summed E-state index contributed by atoms with van der Waals surface area (Å²) in [7, 11) is 0. The van der Waals surface area contributed by atoms with Crippen LogP contribution in [0.25, 0.3) is 90.9 Å². The Morgan fingerprint density at radius 1 is 0.420 bits per heavy atom. The van der Waals surface area contributed by atoms with Crippen molar-refractivity contribution in [2.45, 2.75) is 0 Å². The number of hydrogen-bond acceptors (Lipinski definition) is 3. The van der Waals surface area contributed by atoms with Crippen LogP contribution in [-0.2, 0) is 0 Å². The zero-order valence-corrected chi connectivity index (χ0v) is 26.9. The first-order chi connectivity index (χ1) is 24.7. The minimum Gasteiger partial charge on any atom is -0.354 e. The highest BCUT2D eigenvalue weighted by molar-refractivity contribution is 6.02. The van der Waals surface area contributed by atoms with Crippen molar-refractivity contribution in [1.82, 2.24) is 19.9 Å². The molecule has 9 rings (SSSR count). The highest BCUT2D eigenvalue weighted by atomic mass is 14.8. The molecule has 50 heavy (non-hydrogen) atoms. The average molecular weight is 640 g/mol. The second-order valence-corrected chi connectivity index (χ2v) is 12.3. The van der Waals surface area contributed by atoms with Gasteiger partial charge in [-0.3, -0.25) is 0 Å². The molecule has 7 aromatic rings. The van der Waals surface area contributed by atoms with Crippen LogP contribution < -0.4 is 0 Å². The molecule has 2 aliphatic rings. The van der Waals surface area contributed by atoms with Gasteiger partial charge in [0.2, 0.25) is 0 Å². The Balaban J connectivity index is 1.52. The van der Waals surface area contributed by atoms with Crippen LogP contribution >= 0.6 is 0 Å². The summed E-state index contributed by atoms with van der Waals surface area (Å²) in [6.07, 6.45) is 8.14. The van der Waals surface area contributed by atoms with E-state index in [2.05, 4.69) is 107 Å². The molecule has 5 heterocycles. The van der Waals surface area contributed by atoms with Gasteiger partial charge in [0.15, 0.2) is 0 Å². The van der Waals surface area contributed by atoms with Crippen LogP contribution in [0.2, 0.25) is 0 Å². The van der Waals surface area contributed by atoms with E-state index in [1.807, 2.05) is 72.8 Å². The molecule has 0 spiro atoms.